The number of nitrogens with one attached hydrogen (secondary N) is 1. The van der Waals surface area contributed by atoms with E-state index in [4.69, 9.17) is 0 Å². The maximum Gasteiger partial charge on any atom is 0.416 e. The largest absolute Gasteiger partial charge is 0.416 e. The number of benzene rings is 3. The Morgan fingerprint density at radius 2 is 1.58 bits per heavy atom. The van der Waals surface area contributed by atoms with E-state index in [2.05, 4.69) is 5.32 Å². The maximum atomic E-state index is 13.6. The Labute approximate surface area is 206 Å². The van der Waals surface area contributed by atoms with Crippen LogP contribution in [0.2, 0.25) is 0 Å². The fourth-order valence-corrected chi connectivity index (χ4v) is 4.58. The molecule has 1 aliphatic carbocycles. The van der Waals surface area contributed by atoms with E-state index >= 15 is 0 Å². The van der Waals surface area contributed by atoms with E-state index in [1.165, 1.54) is 22.8 Å². The molecule has 1 aliphatic rings. The van der Waals surface area contributed by atoms with Gasteiger partial charge in [0.15, 0.2) is 0 Å². The molecule has 0 aliphatic heterocycles. The summed E-state index contributed by atoms with van der Waals surface area (Å²) in [5, 5.41) is 2.94. The van der Waals surface area contributed by atoms with Crippen molar-refractivity contribution in [3.8, 4) is 16.8 Å². The number of alkyl halides is 3. The Bertz CT molecular complexity index is 1480. The third kappa shape index (κ3) is 4.56. The van der Waals surface area contributed by atoms with Gasteiger partial charge in [-0.1, -0.05) is 66.7 Å². The molecular formula is C29H23F3N2O2. The molecule has 1 fully saturated rings. The smallest absolute Gasteiger partial charge is 0.348 e. The van der Waals surface area contributed by atoms with Crippen molar-refractivity contribution in [2.75, 3.05) is 0 Å². The van der Waals surface area contributed by atoms with Crippen LogP contribution in [-0.2, 0) is 6.18 Å². The second-order valence-corrected chi connectivity index (χ2v) is 8.94. The second-order valence-electron chi connectivity index (χ2n) is 8.94. The summed E-state index contributed by atoms with van der Waals surface area (Å²) in [6.07, 6.45) is -3.81. The van der Waals surface area contributed by atoms with E-state index in [-0.39, 0.29) is 23.2 Å². The fourth-order valence-electron chi connectivity index (χ4n) is 4.58. The van der Waals surface area contributed by atoms with Crippen LogP contribution in [0.15, 0.2) is 95.8 Å². The molecule has 1 unspecified atom stereocenters. The highest BCUT2D eigenvalue weighted by Gasteiger charge is 2.40. The monoisotopic (exact) mass is 488 g/mol. The van der Waals surface area contributed by atoms with Crippen molar-refractivity contribution in [2.45, 2.75) is 31.5 Å². The number of nitrogens with zero attached hydrogens (tertiary/aromatic N) is 1. The first-order chi connectivity index (χ1) is 17.2. The average Bonchev–Trinajstić information content (AvgIpc) is 3.64. The Morgan fingerprint density at radius 1 is 0.917 bits per heavy atom. The van der Waals surface area contributed by atoms with Crippen LogP contribution in [0.25, 0.3) is 16.8 Å². The fraction of sp³-hybridized carbons (Fsp3) is 0.172. The van der Waals surface area contributed by atoms with Crippen molar-refractivity contribution in [1.29, 1.82) is 0 Å². The molecule has 182 valence electrons. The van der Waals surface area contributed by atoms with Gasteiger partial charge >= 0.3 is 6.18 Å². The van der Waals surface area contributed by atoms with Gasteiger partial charge in [-0.15, -0.1) is 0 Å². The Hall–Kier alpha value is -4.13. The van der Waals surface area contributed by atoms with Crippen LogP contribution < -0.4 is 10.9 Å². The molecule has 2 atom stereocenters. The predicted molar refractivity (Wildman–Crippen MR) is 132 cm³/mol. The number of pyridine rings is 1. The molecule has 1 aromatic heterocycles. The van der Waals surface area contributed by atoms with Gasteiger partial charge in [0.05, 0.1) is 5.56 Å². The van der Waals surface area contributed by atoms with Gasteiger partial charge in [0.1, 0.15) is 5.56 Å². The molecule has 0 spiro atoms. The minimum absolute atomic E-state index is 0.0488. The van der Waals surface area contributed by atoms with E-state index in [1.54, 1.807) is 6.92 Å². The standard InChI is InChI=1S/C29H23F3N2O2/c1-18-23(19-9-4-2-5-10-19)16-25(27(35)33-26-17-24(26)20-11-6-3-7-12-20)28(36)34(18)22-14-8-13-21(15-22)29(30,31)32/h2-16,24,26H,17H2,1H3,(H,33,35)/t24-,26?/m1/s1. The SMILES string of the molecule is Cc1c(-c2ccccc2)cc(C(=O)NC2C[C@@H]2c2ccccc2)c(=O)n1-c1cccc(C(F)(F)F)c1. The first kappa shape index (κ1) is 23.6. The average molecular weight is 489 g/mol. The molecule has 0 saturated heterocycles. The van der Waals surface area contributed by atoms with Crippen LogP contribution in [0.3, 0.4) is 0 Å². The molecule has 5 rings (SSSR count). The topological polar surface area (TPSA) is 51.1 Å². The number of aromatic nitrogens is 1. The number of carbonyl (C=O) groups excluding carboxylic acids is 1. The lowest BCUT2D eigenvalue weighted by Gasteiger charge is -2.18. The second kappa shape index (κ2) is 9.15. The van der Waals surface area contributed by atoms with E-state index in [1.807, 2.05) is 60.7 Å². The van der Waals surface area contributed by atoms with E-state index in [0.717, 1.165) is 29.7 Å². The van der Waals surface area contributed by atoms with Crippen molar-refractivity contribution >= 4 is 5.91 Å². The van der Waals surface area contributed by atoms with Crippen LogP contribution in [0.5, 0.6) is 0 Å². The lowest BCUT2D eigenvalue weighted by molar-refractivity contribution is -0.137. The van der Waals surface area contributed by atoms with Crippen molar-refractivity contribution in [3.05, 3.63) is 124 Å². The van der Waals surface area contributed by atoms with Crippen molar-refractivity contribution < 1.29 is 18.0 Å². The molecule has 1 N–H and O–H groups in total. The molecule has 7 heteroatoms. The van der Waals surface area contributed by atoms with Crippen molar-refractivity contribution in [1.82, 2.24) is 9.88 Å². The Morgan fingerprint density at radius 3 is 2.25 bits per heavy atom. The zero-order chi connectivity index (χ0) is 25.4. The highest BCUT2D eigenvalue weighted by atomic mass is 19.4. The van der Waals surface area contributed by atoms with Crippen LogP contribution in [0.4, 0.5) is 13.2 Å². The molecule has 1 amide bonds. The molecule has 4 aromatic rings. The summed E-state index contributed by atoms with van der Waals surface area (Å²) < 4.78 is 41.4. The minimum Gasteiger partial charge on any atom is -0.348 e. The lowest BCUT2D eigenvalue weighted by Crippen LogP contribution is -2.35. The molecule has 4 nitrogen and oxygen atoms in total. The van der Waals surface area contributed by atoms with Gasteiger partial charge in [0.2, 0.25) is 0 Å². The zero-order valence-electron chi connectivity index (χ0n) is 19.4. The molecular weight excluding hydrogens is 465 g/mol. The summed E-state index contributed by atoms with van der Waals surface area (Å²) in [6.45, 7) is 1.66. The summed E-state index contributed by atoms with van der Waals surface area (Å²) in [4.78, 5) is 26.8. The van der Waals surface area contributed by atoms with Gasteiger partial charge in [-0.05, 0) is 48.7 Å². The van der Waals surface area contributed by atoms with Gasteiger partial charge in [-0.3, -0.25) is 14.2 Å². The number of hydrogen-bond acceptors (Lipinski definition) is 2. The van der Waals surface area contributed by atoms with Gasteiger partial charge in [0, 0.05) is 28.9 Å². The first-order valence-electron chi connectivity index (χ1n) is 11.6. The van der Waals surface area contributed by atoms with E-state index < -0.39 is 23.2 Å². The van der Waals surface area contributed by atoms with Crippen LogP contribution in [0.1, 0.15) is 39.5 Å². The van der Waals surface area contributed by atoms with E-state index in [9.17, 15) is 22.8 Å². The summed E-state index contributed by atoms with van der Waals surface area (Å²) in [5.74, 6) is -0.374. The quantitative estimate of drug-likeness (QED) is 0.368. The predicted octanol–water partition coefficient (Wildman–Crippen LogP) is 6.12. The number of hydrogen-bond donors (Lipinski definition) is 1. The normalized spacial score (nSPS) is 17.0. The van der Waals surface area contributed by atoms with Gasteiger partial charge in [0.25, 0.3) is 11.5 Å². The minimum atomic E-state index is -4.57. The van der Waals surface area contributed by atoms with E-state index in [0.29, 0.717) is 11.3 Å². The third-order valence-corrected chi connectivity index (χ3v) is 6.54. The van der Waals surface area contributed by atoms with Crippen LogP contribution in [0, 0.1) is 6.92 Å². The zero-order valence-corrected chi connectivity index (χ0v) is 19.4. The summed E-state index contributed by atoms with van der Waals surface area (Å²) >= 11 is 0. The molecule has 0 radical (unpaired) electrons. The molecule has 0 bridgehead atoms. The van der Waals surface area contributed by atoms with Crippen LogP contribution in [-0.4, -0.2) is 16.5 Å². The molecule has 3 aromatic carbocycles. The lowest BCUT2D eigenvalue weighted by atomic mass is 10.0. The molecule has 1 saturated carbocycles. The maximum absolute atomic E-state index is 13.6. The molecule has 36 heavy (non-hydrogen) atoms. The summed E-state index contributed by atoms with van der Waals surface area (Å²) in [7, 11) is 0. The number of amides is 1. The summed E-state index contributed by atoms with van der Waals surface area (Å²) in [6, 6.07) is 24.9. The highest BCUT2D eigenvalue weighted by molar-refractivity contribution is 5.96. The number of rotatable bonds is 5. The van der Waals surface area contributed by atoms with Gasteiger partial charge in [-0.25, -0.2) is 0 Å². The molecule has 1 heterocycles. The third-order valence-electron chi connectivity index (χ3n) is 6.54. The Kier molecular flexibility index (Phi) is 6.00. The van der Waals surface area contributed by atoms with Gasteiger partial charge in [-0.2, -0.15) is 13.2 Å². The van der Waals surface area contributed by atoms with Crippen molar-refractivity contribution in [2.24, 2.45) is 0 Å². The Balaban J connectivity index is 1.58. The number of halogens is 3. The van der Waals surface area contributed by atoms with Crippen molar-refractivity contribution in [3.63, 3.8) is 0 Å². The highest BCUT2D eigenvalue weighted by Crippen LogP contribution is 2.40. The van der Waals surface area contributed by atoms with Crippen LogP contribution >= 0.6 is 0 Å². The number of carbonyl (C=O) groups is 1. The van der Waals surface area contributed by atoms with Gasteiger partial charge < -0.3 is 5.32 Å². The first-order valence-corrected chi connectivity index (χ1v) is 11.6. The summed E-state index contributed by atoms with van der Waals surface area (Å²) in [5.41, 5.74) is 1.29.